The van der Waals surface area contributed by atoms with Crippen LogP contribution in [0.3, 0.4) is 0 Å². The van der Waals surface area contributed by atoms with E-state index in [1.54, 1.807) is 30.3 Å². The van der Waals surface area contributed by atoms with Crippen LogP contribution in [0.1, 0.15) is 12.0 Å². The number of hydrogen-bond acceptors (Lipinski definition) is 7. The van der Waals surface area contributed by atoms with E-state index in [1.165, 1.54) is 11.6 Å². The molecular weight excluding hydrogens is 483 g/mol. The Morgan fingerprint density at radius 1 is 1.23 bits per heavy atom. The van der Waals surface area contributed by atoms with Gasteiger partial charge in [0.1, 0.15) is 11.3 Å². The molecule has 1 unspecified atom stereocenters. The third kappa shape index (κ3) is 5.09. The highest BCUT2D eigenvalue weighted by molar-refractivity contribution is 7.93. The fourth-order valence-corrected chi connectivity index (χ4v) is 5.36. The van der Waals surface area contributed by atoms with Gasteiger partial charge in [-0.05, 0) is 54.8 Å². The highest BCUT2D eigenvalue weighted by atomic mass is 35.5. The van der Waals surface area contributed by atoms with Crippen LogP contribution in [0.4, 0.5) is 10.8 Å². The molecule has 12 heteroatoms. The van der Waals surface area contributed by atoms with Crippen LogP contribution in [-0.4, -0.2) is 31.1 Å². The first-order valence-electron chi connectivity index (χ1n) is 9.12. The lowest BCUT2D eigenvalue weighted by molar-refractivity contribution is -0.120. The molecule has 0 saturated heterocycles. The van der Waals surface area contributed by atoms with E-state index in [4.69, 9.17) is 27.9 Å². The molecule has 8 nitrogen and oxygen atoms in total. The van der Waals surface area contributed by atoms with Gasteiger partial charge in [-0.3, -0.25) is 9.52 Å². The fourth-order valence-electron chi connectivity index (χ4n) is 3.15. The number of nitrogens with one attached hydrogen (secondary N) is 2. The number of ether oxygens (including phenoxy) is 1. The normalized spacial score (nSPS) is 15.8. The standard InChI is InChI=1S/C19H16Cl2N4O4S2/c20-13-1-4-17(15(21)9-13)29-6-5-11-7-12-8-14(2-3-16(12)23-18(11)26)31(27,28)25-19-24-22-10-30-19/h1-4,8-11H,5-7H2,(H,23,26)(H,24,25). The number of aromatic nitrogens is 2. The van der Waals surface area contributed by atoms with E-state index in [9.17, 15) is 13.2 Å². The molecule has 0 fully saturated rings. The number of anilines is 2. The zero-order valence-corrected chi connectivity index (χ0v) is 19.0. The molecule has 2 heterocycles. The number of sulfonamides is 1. The average molecular weight is 499 g/mol. The molecule has 3 aromatic rings. The van der Waals surface area contributed by atoms with E-state index in [-0.39, 0.29) is 28.5 Å². The van der Waals surface area contributed by atoms with Gasteiger partial charge in [0.2, 0.25) is 11.0 Å². The third-order valence-electron chi connectivity index (χ3n) is 4.68. The van der Waals surface area contributed by atoms with Crippen LogP contribution >= 0.6 is 34.5 Å². The Morgan fingerprint density at radius 2 is 2.06 bits per heavy atom. The molecule has 1 aromatic heterocycles. The molecule has 0 radical (unpaired) electrons. The topological polar surface area (TPSA) is 110 Å². The van der Waals surface area contributed by atoms with Crippen LogP contribution in [0.5, 0.6) is 5.75 Å². The van der Waals surface area contributed by atoms with Crippen molar-refractivity contribution in [3.05, 3.63) is 57.5 Å². The van der Waals surface area contributed by atoms with E-state index < -0.39 is 10.0 Å². The van der Waals surface area contributed by atoms with Gasteiger partial charge in [0.05, 0.1) is 16.5 Å². The molecular formula is C19H16Cl2N4O4S2. The number of carbonyl (C=O) groups is 1. The number of halogens is 2. The maximum absolute atomic E-state index is 12.6. The smallest absolute Gasteiger partial charge is 0.263 e. The minimum atomic E-state index is -3.81. The Hall–Kier alpha value is -2.40. The van der Waals surface area contributed by atoms with Crippen molar-refractivity contribution in [2.75, 3.05) is 16.6 Å². The maximum atomic E-state index is 12.6. The summed E-state index contributed by atoms with van der Waals surface area (Å²) in [7, 11) is -3.81. The van der Waals surface area contributed by atoms with Crippen LogP contribution in [0.2, 0.25) is 10.0 Å². The highest BCUT2D eigenvalue weighted by Crippen LogP contribution is 2.31. The molecule has 1 amide bonds. The van der Waals surface area contributed by atoms with Crippen molar-refractivity contribution < 1.29 is 17.9 Å². The Morgan fingerprint density at radius 3 is 2.81 bits per heavy atom. The van der Waals surface area contributed by atoms with Gasteiger partial charge in [0.25, 0.3) is 10.0 Å². The quantitative estimate of drug-likeness (QED) is 0.504. The minimum absolute atomic E-state index is 0.0838. The summed E-state index contributed by atoms with van der Waals surface area (Å²) < 4.78 is 33.3. The summed E-state index contributed by atoms with van der Waals surface area (Å²) in [6.07, 6.45) is 0.825. The van der Waals surface area contributed by atoms with Crippen molar-refractivity contribution in [3.63, 3.8) is 0 Å². The van der Waals surface area contributed by atoms with Gasteiger partial charge in [-0.15, -0.1) is 10.2 Å². The van der Waals surface area contributed by atoms with Gasteiger partial charge < -0.3 is 10.1 Å². The summed E-state index contributed by atoms with van der Waals surface area (Å²) in [6, 6.07) is 9.51. The van der Waals surface area contributed by atoms with Crippen molar-refractivity contribution >= 4 is 61.3 Å². The average Bonchev–Trinajstić information content (AvgIpc) is 3.22. The number of hydrogen-bond donors (Lipinski definition) is 2. The summed E-state index contributed by atoms with van der Waals surface area (Å²) >= 11 is 13.1. The van der Waals surface area contributed by atoms with Crippen molar-refractivity contribution in [1.82, 2.24) is 10.2 Å². The third-order valence-corrected chi connectivity index (χ3v) is 7.28. The van der Waals surface area contributed by atoms with Gasteiger partial charge in [0, 0.05) is 16.6 Å². The molecule has 4 rings (SSSR count). The number of rotatable bonds is 7. The van der Waals surface area contributed by atoms with Crippen LogP contribution in [0.25, 0.3) is 0 Å². The lowest BCUT2D eigenvalue weighted by Crippen LogP contribution is -2.31. The van der Waals surface area contributed by atoms with Gasteiger partial charge >= 0.3 is 0 Å². The first-order valence-corrected chi connectivity index (χ1v) is 12.2. The SMILES string of the molecule is O=C1Nc2ccc(S(=O)(=O)Nc3nncs3)cc2CC1CCOc1ccc(Cl)cc1Cl. The largest absolute Gasteiger partial charge is 0.492 e. The molecule has 162 valence electrons. The Labute approximate surface area is 192 Å². The van der Waals surface area contributed by atoms with E-state index in [2.05, 4.69) is 20.2 Å². The zero-order valence-electron chi connectivity index (χ0n) is 15.8. The molecule has 2 aromatic carbocycles. The van der Waals surface area contributed by atoms with E-state index in [0.29, 0.717) is 34.3 Å². The molecule has 1 aliphatic rings. The molecule has 0 saturated carbocycles. The van der Waals surface area contributed by atoms with Crippen LogP contribution < -0.4 is 14.8 Å². The van der Waals surface area contributed by atoms with Crippen LogP contribution in [-0.2, 0) is 21.2 Å². The van der Waals surface area contributed by atoms with Crippen molar-refractivity contribution in [1.29, 1.82) is 0 Å². The van der Waals surface area contributed by atoms with E-state index in [0.717, 1.165) is 16.9 Å². The van der Waals surface area contributed by atoms with Crippen molar-refractivity contribution in [2.45, 2.75) is 17.7 Å². The number of amides is 1. The van der Waals surface area contributed by atoms with E-state index >= 15 is 0 Å². The second-order valence-electron chi connectivity index (χ2n) is 6.77. The lowest BCUT2D eigenvalue weighted by Gasteiger charge is -2.25. The molecule has 0 aliphatic carbocycles. The van der Waals surface area contributed by atoms with Crippen molar-refractivity contribution in [2.24, 2.45) is 5.92 Å². The predicted octanol–water partition coefficient (Wildman–Crippen LogP) is 4.23. The number of fused-ring (bicyclic) bond motifs is 1. The Kier molecular flexibility index (Phi) is 6.33. The molecule has 31 heavy (non-hydrogen) atoms. The number of nitrogens with zero attached hydrogens (tertiary/aromatic N) is 2. The molecule has 0 spiro atoms. The lowest BCUT2D eigenvalue weighted by atomic mass is 9.91. The molecule has 0 bridgehead atoms. The van der Waals surface area contributed by atoms with Crippen LogP contribution in [0, 0.1) is 5.92 Å². The van der Waals surface area contributed by atoms with Gasteiger partial charge in [-0.1, -0.05) is 34.5 Å². The van der Waals surface area contributed by atoms with E-state index in [1.807, 2.05) is 0 Å². The predicted molar refractivity (Wildman–Crippen MR) is 120 cm³/mol. The highest BCUT2D eigenvalue weighted by Gasteiger charge is 2.28. The molecule has 1 aliphatic heterocycles. The Balaban J connectivity index is 1.44. The Bertz CT molecular complexity index is 1220. The monoisotopic (exact) mass is 498 g/mol. The summed E-state index contributed by atoms with van der Waals surface area (Å²) in [5.74, 6) is -0.0210. The van der Waals surface area contributed by atoms with Gasteiger partial charge in [0.15, 0.2) is 0 Å². The summed E-state index contributed by atoms with van der Waals surface area (Å²) in [6.45, 7) is 0.269. The number of carbonyl (C=O) groups excluding carboxylic acids is 1. The minimum Gasteiger partial charge on any atom is -0.492 e. The first-order chi connectivity index (χ1) is 14.8. The molecule has 1 atom stereocenters. The van der Waals surface area contributed by atoms with Crippen LogP contribution in [0.15, 0.2) is 46.8 Å². The zero-order chi connectivity index (χ0) is 22.0. The van der Waals surface area contributed by atoms with Crippen molar-refractivity contribution in [3.8, 4) is 5.75 Å². The maximum Gasteiger partial charge on any atom is 0.263 e. The second-order valence-corrected chi connectivity index (χ2v) is 10.1. The number of benzene rings is 2. The second kappa shape index (κ2) is 8.99. The van der Waals surface area contributed by atoms with Gasteiger partial charge in [-0.2, -0.15) is 0 Å². The summed E-state index contributed by atoms with van der Waals surface area (Å²) in [5.41, 5.74) is 2.76. The van der Waals surface area contributed by atoms with Gasteiger partial charge in [-0.25, -0.2) is 8.42 Å². The fraction of sp³-hybridized carbons (Fsp3) is 0.211. The first kappa shape index (κ1) is 21.8. The molecule has 2 N–H and O–H groups in total. The summed E-state index contributed by atoms with van der Waals surface area (Å²) in [5, 5.41) is 11.2. The summed E-state index contributed by atoms with van der Waals surface area (Å²) in [4.78, 5) is 12.5.